The second-order valence-electron chi connectivity index (χ2n) is 4.71. The summed E-state index contributed by atoms with van der Waals surface area (Å²) < 4.78 is 0. The molecule has 0 radical (unpaired) electrons. The smallest absolute Gasteiger partial charge is 0.326 e. The molecule has 0 saturated heterocycles. The molecule has 0 aliphatic heterocycles. The molecule has 2 amide bonds. The van der Waals surface area contributed by atoms with Gasteiger partial charge in [0.1, 0.15) is 11.9 Å². The number of aromatic amines is 1. The number of hydrogen-bond acceptors (Lipinski definition) is 3. The van der Waals surface area contributed by atoms with E-state index in [9.17, 15) is 9.59 Å². The highest BCUT2D eigenvalue weighted by atomic mass is 16.4. The molecule has 1 heterocycles. The van der Waals surface area contributed by atoms with Gasteiger partial charge in [0.15, 0.2) is 0 Å². The zero-order valence-electron chi connectivity index (χ0n) is 11.1. The Morgan fingerprint density at radius 1 is 1.47 bits per heavy atom. The van der Waals surface area contributed by atoms with E-state index >= 15 is 0 Å². The van der Waals surface area contributed by atoms with Crippen LogP contribution in [0, 0.1) is 5.92 Å². The number of hydrogen-bond donors (Lipinski definition) is 4. The summed E-state index contributed by atoms with van der Waals surface area (Å²) >= 11 is 0. The van der Waals surface area contributed by atoms with Crippen LogP contribution in [0.4, 0.5) is 4.79 Å². The lowest BCUT2D eigenvalue weighted by atomic mass is 10.0. The van der Waals surface area contributed by atoms with Crippen LogP contribution in [-0.2, 0) is 11.2 Å². The summed E-state index contributed by atoms with van der Waals surface area (Å²) in [5.74, 6) is -0.0448. The molecule has 0 aliphatic rings. The third kappa shape index (κ3) is 5.89. The van der Waals surface area contributed by atoms with Crippen molar-refractivity contribution in [1.82, 2.24) is 20.6 Å². The van der Waals surface area contributed by atoms with Gasteiger partial charge in [0.05, 0.1) is 0 Å². The highest BCUT2D eigenvalue weighted by Gasteiger charge is 2.20. The Morgan fingerprint density at radius 2 is 2.21 bits per heavy atom. The van der Waals surface area contributed by atoms with Gasteiger partial charge in [-0.3, -0.25) is 0 Å². The van der Waals surface area contributed by atoms with E-state index in [1.165, 1.54) is 0 Å². The van der Waals surface area contributed by atoms with Gasteiger partial charge in [-0.05, 0) is 12.3 Å². The standard InChI is InChI=1S/C12H20N4O3/c1-8(2)7-9(11(17)18)16-12(19)15-4-3-10-13-5-6-14-10/h5-6,8-9H,3-4,7H2,1-2H3,(H,13,14)(H,17,18)(H2,15,16,19)/t9-/m0/s1. The minimum absolute atomic E-state index is 0.199. The Kier molecular flexibility index (Phi) is 5.84. The molecule has 4 N–H and O–H groups in total. The second kappa shape index (κ2) is 7.40. The lowest BCUT2D eigenvalue weighted by molar-refractivity contribution is -0.139. The number of rotatable bonds is 7. The van der Waals surface area contributed by atoms with Gasteiger partial charge in [0.25, 0.3) is 0 Å². The first-order valence-electron chi connectivity index (χ1n) is 6.24. The van der Waals surface area contributed by atoms with Gasteiger partial charge in [0.2, 0.25) is 0 Å². The number of carbonyl (C=O) groups is 2. The van der Waals surface area contributed by atoms with Gasteiger partial charge in [-0.15, -0.1) is 0 Å². The molecule has 106 valence electrons. The Morgan fingerprint density at radius 3 is 2.74 bits per heavy atom. The predicted molar refractivity (Wildman–Crippen MR) is 69.7 cm³/mol. The van der Waals surface area contributed by atoms with E-state index in [4.69, 9.17) is 5.11 Å². The number of nitrogens with zero attached hydrogens (tertiary/aromatic N) is 1. The Balaban J connectivity index is 2.30. The van der Waals surface area contributed by atoms with E-state index in [0.717, 1.165) is 5.82 Å². The minimum atomic E-state index is -1.02. The molecular formula is C12H20N4O3. The molecule has 1 rings (SSSR count). The summed E-state index contributed by atoms with van der Waals surface area (Å²) in [5.41, 5.74) is 0. The number of imidazole rings is 1. The average molecular weight is 268 g/mol. The summed E-state index contributed by atoms with van der Waals surface area (Å²) in [4.78, 5) is 29.5. The molecule has 1 aromatic heterocycles. The highest BCUT2D eigenvalue weighted by Crippen LogP contribution is 2.04. The maximum absolute atomic E-state index is 11.6. The number of aliphatic carboxylic acids is 1. The summed E-state index contributed by atoms with van der Waals surface area (Å²) in [6.07, 6.45) is 4.32. The van der Waals surface area contributed by atoms with Crippen molar-refractivity contribution in [2.24, 2.45) is 5.92 Å². The van der Waals surface area contributed by atoms with E-state index < -0.39 is 18.0 Å². The number of nitrogens with one attached hydrogen (secondary N) is 3. The molecule has 1 atom stereocenters. The first-order chi connectivity index (χ1) is 8.99. The van der Waals surface area contributed by atoms with E-state index in [1.807, 2.05) is 13.8 Å². The van der Waals surface area contributed by atoms with Gasteiger partial charge in [-0.2, -0.15) is 0 Å². The molecular weight excluding hydrogens is 248 g/mol. The van der Waals surface area contributed by atoms with Gasteiger partial charge in [-0.25, -0.2) is 14.6 Å². The first-order valence-corrected chi connectivity index (χ1v) is 6.24. The average Bonchev–Trinajstić information content (AvgIpc) is 2.80. The van der Waals surface area contributed by atoms with Crippen LogP contribution in [0.15, 0.2) is 12.4 Å². The van der Waals surface area contributed by atoms with E-state index in [-0.39, 0.29) is 5.92 Å². The number of carboxylic acid groups (broad SMARTS) is 1. The number of urea groups is 1. The summed E-state index contributed by atoms with van der Waals surface area (Å²) in [7, 11) is 0. The third-order valence-electron chi connectivity index (χ3n) is 2.51. The fourth-order valence-corrected chi connectivity index (χ4v) is 1.63. The van der Waals surface area contributed by atoms with Crippen molar-refractivity contribution in [3.05, 3.63) is 18.2 Å². The SMILES string of the molecule is CC(C)C[C@H](NC(=O)NCCc1ncc[nH]1)C(=O)O. The van der Waals surface area contributed by atoms with Gasteiger partial charge >= 0.3 is 12.0 Å². The van der Waals surface area contributed by atoms with Crippen molar-refractivity contribution in [3.8, 4) is 0 Å². The number of carboxylic acids is 1. The molecule has 0 bridgehead atoms. The lowest BCUT2D eigenvalue weighted by Gasteiger charge is -2.16. The lowest BCUT2D eigenvalue weighted by Crippen LogP contribution is -2.47. The number of amides is 2. The van der Waals surface area contributed by atoms with Crippen LogP contribution in [0.1, 0.15) is 26.1 Å². The number of carbonyl (C=O) groups excluding carboxylic acids is 1. The Bertz CT molecular complexity index is 403. The predicted octanol–water partition coefficient (Wildman–Crippen LogP) is 0.751. The molecule has 0 spiro atoms. The zero-order valence-corrected chi connectivity index (χ0v) is 11.1. The normalized spacial score (nSPS) is 12.2. The maximum atomic E-state index is 11.6. The van der Waals surface area contributed by atoms with E-state index in [2.05, 4.69) is 20.6 Å². The summed E-state index contributed by atoms with van der Waals surface area (Å²) in [6.45, 7) is 4.21. The number of aromatic nitrogens is 2. The zero-order chi connectivity index (χ0) is 14.3. The molecule has 7 heteroatoms. The number of H-pyrrole nitrogens is 1. The van der Waals surface area contributed by atoms with E-state index in [0.29, 0.717) is 19.4 Å². The fourth-order valence-electron chi connectivity index (χ4n) is 1.63. The van der Waals surface area contributed by atoms with Crippen LogP contribution in [-0.4, -0.2) is 39.7 Å². The van der Waals surface area contributed by atoms with Crippen molar-refractivity contribution in [3.63, 3.8) is 0 Å². The van der Waals surface area contributed by atoms with Crippen molar-refractivity contribution >= 4 is 12.0 Å². The first kappa shape index (κ1) is 15.0. The van der Waals surface area contributed by atoms with Crippen LogP contribution < -0.4 is 10.6 Å². The van der Waals surface area contributed by atoms with E-state index in [1.54, 1.807) is 12.4 Å². The summed E-state index contributed by atoms with van der Waals surface area (Å²) in [6, 6.07) is -1.33. The molecule has 0 saturated carbocycles. The van der Waals surface area contributed by atoms with Gasteiger partial charge in [0, 0.05) is 25.4 Å². The van der Waals surface area contributed by atoms with Crippen LogP contribution >= 0.6 is 0 Å². The minimum Gasteiger partial charge on any atom is -0.480 e. The topological polar surface area (TPSA) is 107 Å². The van der Waals surface area contributed by atoms with Gasteiger partial charge < -0.3 is 20.7 Å². The van der Waals surface area contributed by atoms with Crippen LogP contribution in [0.3, 0.4) is 0 Å². The van der Waals surface area contributed by atoms with Crippen molar-refractivity contribution in [1.29, 1.82) is 0 Å². The maximum Gasteiger partial charge on any atom is 0.326 e. The molecule has 0 unspecified atom stereocenters. The van der Waals surface area contributed by atoms with Crippen molar-refractivity contribution in [2.75, 3.05) is 6.54 Å². The van der Waals surface area contributed by atoms with Gasteiger partial charge in [-0.1, -0.05) is 13.8 Å². The van der Waals surface area contributed by atoms with Crippen LogP contribution in [0.2, 0.25) is 0 Å². The molecule has 0 aromatic carbocycles. The molecule has 0 fully saturated rings. The van der Waals surface area contributed by atoms with Crippen molar-refractivity contribution in [2.45, 2.75) is 32.7 Å². The highest BCUT2D eigenvalue weighted by molar-refractivity contribution is 5.82. The Hall–Kier alpha value is -2.05. The monoisotopic (exact) mass is 268 g/mol. The molecule has 0 aliphatic carbocycles. The van der Waals surface area contributed by atoms with Crippen molar-refractivity contribution < 1.29 is 14.7 Å². The summed E-state index contributed by atoms with van der Waals surface area (Å²) in [5, 5.41) is 14.0. The largest absolute Gasteiger partial charge is 0.480 e. The van der Waals surface area contributed by atoms with Crippen LogP contribution in [0.5, 0.6) is 0 Å². The van der Waals surface area contributed by atoms with Crippen LogP contribution in [0.25, 0.3) is 0 Å². The molecule has 7 nitrogen and oxygen atoms in total. The third-order valence-corrected chi connectivity index (χ3v) is 2.51. The Labute approximate surface area is 111 Å². The quantitative estimate of drug-likeness (QED) is 0.585. The molecule has 19 heavy (non-hydrogen) atoms. The fraction of sp³-hybridized carbons (Fsp3) is 0.583. The second-order valence-corrected chi connectivity index (χ2v) is 4.71. The molecule has 1 aromatic rings.